The van der Waals surface area contributed by atoms with E-state index in [9.17, 15) is 23.2 Å². The molecule has 6 nitrogen and oxygen atoms in total. The van der Waals surface area contributed by atoms with Crippen LogP contribution in [0.1, 0.15) is 12.0 Å². The number of amides is 3. The van der Waals surface area contributed by atoms with Crippen molar-refractivity contribution in [3.05, 3.63) is 42.0 Å². The summed E-state index contributed by atoms with van der Waals surface area (Å²) in [5.41, 5.74) is 0.683. The van der Waals surface area contributed by atoms with Gasteiger partial charge in [0, 0.05) is 6.54 Å². The first-order valence-corrected chi connectivity index (χ1v) is 8.78. The molecule has 1 N–H and O–H groups in total. The highest BCUT2D eigenvalue weighted by Gasteiger charge is 2.59. The molecule has 3 amide bonds. The van der Waals surface area contributed by atoms with Crippen LogP contribution in [-0.2, 0) is 20.9 Å². The molecule has 4 atom stereocenters. The van der Waals surface area contributed by atoms with Gasteiger partial charge in [-0.05, 0) is 36.0 Å². The smallest absolute Gasteiger partial charge is 0.387 e. The fourth-order valence-electron chi connectivity index (χ4n) is 4.31. The molecule has 0 radical (unpaired) electrons. The second-order valence-electron chi connectivity index (χ2n) is 7.06. The molecule has 8 heteroatoms. The zero-order valence-electron chi connectivity index (χ0n) is 14.3. The van der Waals surface area contributed by atoms with Gasteiger partial charge in [0.25, 0.3) is 0 Å². The molecule has 1 saturated carbocycles. The highest BCUT2D eigenvalue weighted by Crippen LogP contribution is 2.52. The summed E-state index contributed by atoms with van der Waals surface area (Å²) in [6, 6.07) is 5.87. The third-order valence-corrected chi connectivity index (χ3v) is 5.50. The number of nitrogens with one attached hydrogen (secondary N) is 1. The summed E-state index contributed by atoms with van der Waals surface area (Å²) >= 11 is 0. The van der Waals surface area contributed by atoms with Gasteiger partial charge >= 0.3 is 6.61 Å². The molecule has 27 heavy (non-hydrogen) atoms. The standard InChI is InChI=1S/C19H18F2N2O4/c20-19(21)27-13-5-1-10(2-6-13)8-22-14(24)9-23-17(25)15-11-3-4-12(7-11)16(15)18(23)26/h1-6,11-12,15-16,19H,7-9H2,(H,22,24). The van der Waals surface area contributed by atoms with E-state index in [0.29, 0.717) is 5.56 Å². The number of rotatable bonds is 6. The number of likely N-dealkylation sites (tertiary alicyclic amines) is 1. The number of nitrogens with zero attached hydrogens (tertiary/aromatic N) is 1. The number of alkyl halides is 2. The second-order valence-corrected chi connectivity index (χ2v) is 7.06. The summed E-state index contributed by atoms with van der Waals surface area (Å²) in [7, 11) is 0. The quantitative estimate of drug-likeness (QED) is 0.606. The maximum Gasteiger partial charge on any atom is 0.387 e. The monoisotopic (exact) mass is 376 g/mol. The number of halogens is 2. The Kier molecular flexibility index (Phi) is 4.41. The van der Waals surface area contributed by atoms with Crippen molar-refractivity contribution in [2.75, 3.05) is 6.54 Å². The van der Waals surface area contributed by atoms with Crippen LogP contribution in [0.15, 0.2) is 36.4 Å². The van der Waals surface area contributed by atoms with E-state index in [2.05, 4.69) is 10.1 Å². The van der Waals surface area contributed by atoms with Crippen molar-refractivity contribution in [3.63, 3.8) is 0 Å². The Labute approximate surface area is 154 Å². The Hall–Kier alpha value is -2.77. The molecule has 4 rings (SSSR count). The molecular weight excluding hydrogens is 358 g/mol. The zero-order chi connectivity index (χ0) is 19.1. The average molecular weight is 376 g/mol. The molecule has 0 aromatic heterocycles. The Morgan fingerprint density at radius 3 is 2.26 bits per heavy atom. The molecule has 0 spiro atoms. The summed E-state index contributed by atoms with van der Waals surface area (Å²) in [6.45, 7) is -3.03. The molecule has 1 heterocycles. The first-order valence-electron chi connectivity index (χ1n) is 8.78. The van der Waals surface area contributed by atoms with Gasteiger partial charge in [0.15, 0.2) is 0 Å². The van der Waals surface area contributed by atoms with E-state index in [-0.39, 0.29) is 54.3 Å². The molecule has 2 bridgehead atoms. The number of hydrogen-bond acceptors (Lipinski definition) is 4. The lowest BCUT2D eigenvalue weighted by atomic mass is 9.85. The van der Waals surface area contributed by atoms with Crippen LogP contribution in [0.4, 0.5) is 8.78 Å². The zero-order valence-corrected chi connectivity index (χ0v) is 14.3. The number of imide groups is 1. The number of benzene rings is 1. The van der Waals surface area contributed by atoms with Crippen molar-refractivity contribution in [2.45, 2.75) is 19.6 Å². The number of ether oxygens (including phenoxy) is 1. The summed E-state index contributed by atoms with van der Waals surface area (Å²) in [6.07, 6.45) is 4.85. The molecule has 2 fully saturated rings. The lowest BCUT2D eigenvalue weighted by Crippen LogP contribution is -2.41. The minimum absolute atomic E-state index is 0.0307. The lowest BCUT2D eigenvalue weighted by Gasteiger charge is -2.16. The van der Waals surface area contributed by atoms with E-state index in [1.165, 1.54) is 12.1 Å². The van der Waals surface area contributed by atoms with Crippen LogP contribution in [0.5, 0.6) is 5.75 Å². The van der Waals surface area contributed by atoms with E-state index in [1.54, 1.807) is 12.1 Å². The number of allylic oxidation sites excluding steroid dienone is 2. The van der Waals surface area contributed by atoms with Gasteiger partial charge in [-0.1, -0.05) is 24.3 Å². The molecule has 2 aliphatic carbocycles. The predicted molar refractivity (Wildman–Crippen MR) is 89.4 cm³/mol. The van der Waals surface area contributed by atoms with Gasteiger partial charge in [0.05, 0.1) is 11.8 Å². The highest BCUT2D eigenvalue weighted by molar-refractivity contribution is 6.08. The van der Waals surface area contributed by atoms with Crippen molar-refractivity contribution in [3.8, 4) is 5.75 Å². The van der Waals surface area contributed by atoms with E-state index in [4.69, 9.17) is 0 Å². The largest absolute Gasteiger partial charge is 0.435 e. The van der Waals surface area contributed by atoms with Crippen LogP contribution in [-0.4, -0.2) is 35.8 Å². The van der Waals surface area contributed by atoms with Crippen LogP contribution in [0.3, 0.4) is 0 Å². The highest BCUT2D eigenvalue weighted by atomic mass is 19.3. The third-order valence-electron chi connectivity index (χ3n) is 5.50. The minimum atomic E-state index is -2.89. The Morgan fingerprint density at radius 1 is 1.11 bits per heavy atom. The van der Waals surface area contributed by atoms with E-state index < -0.39 is 12.5 Å². The van der Waals surface area contributed by atoms with Gasteiger partial charge in [-0.2, -0.15) is 8.78 Å². The maximum absolute atomic E-state index is 12.5. The normalized spacial score (nSPS) is 28.2. The van der Waals surface area contributed by atoms with Crippen LogP contribution < -0.4 is 10.1 Å². The first-order chi connectivity index (χ1) is 12.9. The van der Waals surface area contributed by atoms with Crippen LogP contribution in [0.2, 0.25) is 0 Å². The van der Waals surface area contributed by atoms with Gasteiger partial charge in [0.1, 0.15) is 12.3 Å². The summed E-state index contributed by atoms with van der Waals surface area (Å²) < 4.78 is 28.5. The van der Waals surface area contributed by atoms with Gasteiger partial charge in [0.2, 0.25) is 17.7 Å². The topological polar surface area (TPSA) is 75.7 Å². The van der Waals surface area contributed by atoms with Crippen molar-refractivity contribution < 1.29 is 27.9 Å². The summed E-state index contributed by atoms with van der Waals surface area (Å²) in [5.74, 6) is -1.34. The lowest BCUT2D eigenvalue weighted by molar-refractivity contribution is -0.144. The summed E-state index contributed by atoms with van der Waals surface area (Å²) in [4.78, 5) is 38.3. The number of fused-ring (bicyclic) bond motifs is 5. The van der Waals surface area contributed by atoms with Crippen molar-refractivity contribution >= 4 is 17.7 Å². The van der Waals surface area contributed by atoms with Gasteiger partial charge in [-0.3, -0.25) is 19.3 Å². The molecule has 1 aromatic carbocycles. The molecule has 3 aliphatic rings. The maximum atomic E-state index is 12.5. The Balaban J connectivity index is 1.31. The summed E-state index contributed by atoms with van der Waals surface area (Å²) in [5, 5.41) is 2.64. The van der Waals surface area contributed by atoms with E-state index >= 15 is 0 Å². The van der Waals surface area contributed by atoms with Gasteiger partial charge in [-0.15, -0.1) is 0 Å². The van der Waals surface area contributed by atoms with Crippen LogP contribution in [0, 0.1) is 23.7 Å². The third kappa shape index (κ3) is 3.20. The fourth-order valence-corrected chi connectivity index (χ4v) is 4.31. The molecule has 142 valence electrons. The predicted octanol–water partition coefficient (Wildman–Crippen LogP) is 1.71. The molecular formula is C19H18F2N2O4. The van der Waals surface area contributed by atoms with Gasteiger partial charge in [-0.25, -0.2) is 0 Å². The van der Waals surface area contributed by atoms with Crippen molar-refractivity contribution in [1.29, 1.82) is 0 Å². The average Bonchev–Trinajstić information content (AvgIpc) is 3.31. The van der Waals surface area contributed by atoms with Gasteiger partial charge < -0.3 is 10.1 Å². The first kappa shape index (κ1) is 17.6. The Bertz CT molecular complexity index is 778. The van der Waals surface area contributed by atoms with Crippen LogP contribution >= 0.6 is 0 Å². The minimum Gasteiger partial charge on any atom is -0.435 e. The van der Waals surface area contributed by atoms with E-state index in [0.717, 1.165) is 11.3 Å². The number of hydrogen-bond donors (Lipinski definition) is 1. The number of carbonyl (C=O) groups excluding carboxylic acids is 3. The second kappa shape index (κ2) is 6.75. The Morgan fingerprint density at radius 2 is 1.70 bits per heavy atom. The number of carbonyl (C=O) groups is 3. The van der Waals surface area contributed by atoms with Crippen molar-refractivity contribution in [1.82, 2.24) is 10.2 Å². The fraction of sp³-hybridized carbons (Fsp3) is 0.421. The molecule has 1 saturated heterocycles. The SMILES string of the molecule is O=C(CN1C(=O)C2C3C=CC(C3)C2C1=O)NCc1ccc(OC(F)F)cc1. The molecule has 1 aromatic rings. The molecule has 4 unspecified atom stereocenters. The molecule has 1 aliphatic heterocycles. The van der Waals surface area contributed by atoms with Crippen molar-refractivity contribution in [2.24, 2.45) is 23.7 Å². The van der Waals surface area contributed by atoms with E-state index in [1.807, 2.05) is 12.2 Å². The van der Waals surface area contributed by atoms with Crippen LogP contribution in [0.25, 0.3) is 0 Å².